The van der Waals surface area contributed by atoms with Gasteiger partial charge in [0.2, 0.25) is 0 Å². The van der Waals surface area contributed by atoms with Crippen LogP contribution in [0.15, 0.2) is 18.5 Å². The molecule has 0 bridgehead atoms. The van der Waals surface area contributed by atoms with Crippen molar-refractivity contribution in [2.45, 2.75) is 64.3 Å². The molecule has 24 heavy (non-hydrogen) atoms. The van der Waals surface area contributed by atoms with Crippen molar-refractivity contribution in [3.8, 4) is 0 Å². The first-order valence-electron chi connectivity index (χ1n) is 9.16. The van der Waals surface area contributed by atoms with E-state index in [1.165, 1.54) is 0 Å². The molecule has 3 atom stereocenters. The number of hydrogen-bond acceptors (Lipinski definition) is 4. The maximum Gasteiger partial charge on any atom is 0.252 e. The Labute approximate surface area is 144 Å². The van der Waals surface area contributed by atoms with Gasteiger partial charge < -0.3 is 14.4 Å². The van der Waals surface area contributed by atoms with Crippen molar-refractivity contribution in [2.75, 3.05) is 19.8 Å². The average Bonchev–Trinajstić information content (AvgIpc) is 3.29. The molecule has 1 aromatic rings. The van der Waals surface area contributed by atoms with Crippen molar-refractivity contribution >= 4 is 5.91 Å². The first-order valence-corrected chi connectivity index (χ1v) is 9.16. The van der Waals surface area contributed by atoms with Crippen molar-refractivity contribution in [3.05, 3.63) is 18.5 Å². The standard InChI is InChI=1S/C18H29N3O3/c1-14(2)17(24-13-16-7-4-11-23-16)18(22)21-10-3-6-15(21)12-20-9-5-8-19-20/h5,8-9,14-17H,3-4,6-7,10-13H2,1-2H3/t15-,16-,17+/m1/s1. The van der Waals surface area contributed by atoms with E-state index in [2.05, 4.69) is 18.9 Å². The maximum absolute atomic E-state index is 13.1. The Kier molecular flexibility index (Phi) is 5.89. The zero-order valence-electron chi connectivity index (χ0n) is 14.8. The lowest BCUT2D eigenvalue weighted by molar-refractivity contribution is -0.150. The van der Waals surface area contributed by atoms with E-state index in [1.807, 2.05) is 21.8 Å². The predicted molar refractivity (Wildman–Crippen MR) is 90.5 cm³/mol. The molecule has 3 rings (SSSR count). The van der Waals surface area contributed by atoms with Gasteiger partial charge in [-0.1, -0.05) is 13.8 Å². The highest BCUT2D eigenvalue weighted by atomic mass is 16.5. The Hall–Kier alpha value is -1.40. The van der Waals surface area contributed by atoms with Gasteiger partial charge in [0.15, 0.2) is 0 Å². The molecule has 6 nitrogen and oxygen atoms in total. The van der Waals surface area contributed by atoms with Crippen LogP contribution in [0.25, 0.3) is 0 Å². The summed E-state index contributed by atoms with van der Waals surface area (Å²) in [4.78, 5) is 15.1. The summed E-state index contributed by atoms with van der Waals surface area (Å²) < 4.78 is 13.5. The lowest BCUT2D eigenvalue weighted by Crippen LogP contribution is -2.47. The summed E-state index contributed by atoms with van der Waals surface area (Å²) in [5.74, 6) is 0.280. The fourth-order valence-electron chi connectivity index (χ4n) is 3.64. The molecule has 0 aliphatic carbocycles. The van der Waals surface area contributed by atoms with Gasteiger partial charge in [-0.05, 0) is 37.7 Å². The molecule has 2 aliphatic rings. The van der Waals surface area contributed by atoms with Gasteiger partial charge in [-0.15, -0.1) is 0 Å². The fourth-order valence-corrected chi connectivity index (χ4v) is 3.64. The highest BCUT2D eigenvalue weighted by Crippen LogP contribution is 2.23. The summed E-state index contributed by atoms with van der Waals surface area (Å²) in [6.07, 6.45) is 7.70. The second kappa shape index (κ2) is 8.12. The molecule has 0 saturated carbocycles. The zero-order chi connectivity index (χ0) is 16.9. The Morgan fingerprint density at radius 2 is 2.25 bits per heavy atom. The average molecular weight is 335 g/mol. The molecule has 3 heterocycles. The van der Waals surface area contributed by atoms with Crippen LogP contribution >= 0.6 is 0 Å². The molecule has 0 N–H and O–H groups in total. The van der Waals surface area contributed by atoms with E-state index in [0.29, 0.717) is 6.61 Å². The van der Waals surface area contributed by atoms with Crippen LogP contribution in [0.3, 0.4) is 0 Å². The number of likely N-dealkylation sites (tertiary alicyclic amines) is 1. The van der Waals surface area contributed by atoms with Gasteiger partial charge in [0.25, 0.3) is 5.91 Å². The largest absolute Gasteiger partial charge is 0.376 e. The molecule has 0 spiro atoms. The normalized spacial score (nSPS) is 25.5. The van der Waals surface area contributed by atoms with Crippen molar-refractivity contribution in [3.63, 3.8) is 0 Å². The van der Waals surface area contributed by atoms with E-state index in [1.54, 1.807) is 6.20 Å². The van der Waals surface area contributed by atoms with Crippen molar-refractivity contribution in [1.29, 1.82) is 0 Å². The molecule has 1 aromatic heterocycles. The van der Waals surface area contributed by atoms with Crippen LogP contribution in [-0.2, 0) is 20.8 Å². The zero-order valence-corrected chi connectivity index (χ0v) is 14.8. The number of rotatable bonds is 7. The van der Waals surface area contributed by atoms with Crippen LogP contribution in [0.2, 0.25) is 0 Å². The highest BCUT2D eigenvalue weighted by Gasteiger charge is 2.35. The second-order valence-electron chi connectivity index (χ2n) is 7.19. The van der Waals surface area contributed by atoms with Gasteiger partial charge in [-0.2, -0.15) is 5.10 Å². The van der Waals surface area contributed by atoms with Gasteiger partial charge >= 0.3 is 0 Å². The number of ether oxygens (including phenoxy) is 2. The molecule has 0 aromatic carbocycles. The molecule has 6 heteroatoms. The third-order valence-corrected chi connectivity index (χ3v) is 4.95. The van der Waals surface area contributed by atoms with Crippen molar-refractivity contribution in [1.82, 2.24) is 14.7 Å². The van der Waals surface area contributed by atoms with Crippen LogP contribution in [0.4, 0.5) is 0 Å². The molecular weight excluding hydrogens is 306 g/mol. The van der Waals surface area contributed by atoms with E-state index in [9.17, 15) is 4.79 Å². The van der Waals surface area contributed by atoms with Crippen LogP contribution in [0.5, 0.6) is 0 Å². The highest BCUT2D eigenvalue weighted by molar-refractivity contribution is 5.81. The summed E-state index contributed by atoms with van der Waals surface area (Å²) >= 11 is 0. The first kappa shape index (κ1) is 17.4. The van der Waals surface area contributed by atoms with E-state index >= 15 is 0 Å². The van der Waals surface area contributed by atoms with Crippen molar-refractivity contribution < 1.29 is 14.3 Å². The smallest absolute Gasteiger partial charge is 0.252 e. The number of hydrogen-bond donors (Lipinski definition) is 0. The lowest BCUT2D eigenvalue weighted by atomic mass is 10.1. The summed E-state index contributed by atoms with van der Waals surface area (Å²) in [5.41, 5.74) is 0. The van der Waals surface area contributed by atoms with Gasteiger partial charge in [0.1, 0.15) is 6.10 Å². The quantitative estimate of drug-likeness (QED) is 0.766. The van der Waals surface area contributed by atoms with E-state index < -0.39 is 0 Å². The number of nitrogens with zero attached hydrogens (tertiary/aromatic N) is 3. The van der Waals surface area contributed by atoms with Gasteiger partial charge in [0.05, 0.1) is 25.3 Å². The molecule has 0 unspecified atom stereocenters. The van der Waals surface area contributed by atoms with Crippen LogP contribution in [0.1, 0.15) is 39.5 Å². The molecule has 134 valence electrons. The summed E-state index contributed by atoms with van der Waals surface area (Å²) in [6.45, 7) is 7.01. The number of carbonyl (C=O) groups is 1. The third-order valence-electron chi connectivity index (χ3n) is 4.95. The van der Waals surface area contributed by atoms with Gasteiger partial charge in [0, 0.05) is 25.5 Å². The van der Waals surface area contributed by atoms with Crippen LogP contribution < -0.4 is 0 Å². The molecule has 2 aliphatic heterocycles. The second-order valence-corrected chi connectivity index (χ2v) is 7.19. The lowest BCUT2D eigenvalue weighted by Gasteiger charge is -2.31. The summed E-state index contributed by atoms with van der Waals surface area (Å²) in [5, 5.41) is 4.27. The monoisotopic (exact) mass is 335 g/mol. The molecular formula is C18H29N3O3. The topological polar surface area (TPSA) is 56.6 Å². The SMILES string of the molecule is CC(C)[C@H](OC[C@H]1CCCO1)C(=O)N1CCC[C@@H]1Cn1cccn1. The summed E-state index contributed by atoms with van der Waals surface area (Å²) in [6, 6.07) is 2.13. The summed E-state index contributed by atoms with van der Waals surface area (Å²) in [7, 11) is 0. The van der Waals surface area contributed by atoms with Crippen molar-refractivity contribution in [2.24, 2.45) is 5.92 Å². The molecule has 2 saturated heterocycles. The number of carbonyl (C=O) groups excluding carboxylic acids is 1. The Balaban J connectivity index is 1.59. The van der Waals surface area contributed by atoms with Crippen LogP contribution in [0, 0.1) is 5.92 Å². The van der Waals surface area contributed by atoms with Gasteiger partial charge in [-0.3, -0.25) is 9.48 Å². The Bertz CT molecular complexity index is 512. The number of amides is 1. The third kappa shape index (κ3) is 4.16. The Morgan fingerprint density at radius 1 is 1.38 bits per heavy atom. The molecule has 0 radical (unpaired) electrons. The maximum atomic E-state index is 13.1. The first-order chi connectivity index (χ1) is 11.6. The van der Waals surface area contributed by atoms with Gasteiger partial charge in [-0.25, -0.2) is 0 Å². The predicted octanol–water partition coefficient (Wildman–Crippen LogP) is 2.09. The minimum Gasteiger partial charge on any atom is -0.376 e. The van der Waals surface area contributed by atoms with Crippen LogP contribution in [-0.4, -0.2) is 58.6 Å². The number of aromatic nitrogens is 2. The fraction of sp³-hybridized carbons (Fsp3) is 0.778. The molecule has 2 fully saturated rings. The van der Waals surface area contributed by atoms with E-state index in [-0.39, 0.29) is 30.1 Å². The molecule has 1 amide bonds. The van der Waals surface area contributed by atoms with E-state index in [0.717, 1.165) is 45.4 Å². The Morgan fingerprint density at radius 3 is 2.92 bits per heavy atom. The van der Waals surface area contributed by atoms with E-state index in [4.69, 9.17) is 9.47 Å². The minimum absolute atomic E-state index is 0.123. The minimum atomic E-state index is -0.382.